The van der Waals surface area contributed by atoms with Crippen LogP contribution < -0.4 is 16.8 Å². The number of nitrogens with one attached hydrogen (secondary N) is 1. The van der Waals surface area contributed by atoms with Gasteiger partial charge in [0.1, 0.15) is 0 Å². The lowest BCUT2D eigenvalue weighted by atomic mass is 10.1. The van der Waals surface area contributed by atoms with Crippen molar-refractivity contribution in [3.63, 3.8) is 0 Å². The summed E-state index contributed by atoms with van der Waals surface area (Å²) in [4.78, 5) is 28.9. The van der Waals surface area contributed by atoms with Crippen molar-refractivity contribution in [3.05, 3.63) is 70.5 Å². The molecule has 1 heterocycles. The number of fused-ring (bicyclic) bond motifs is 1. The molecule has 0 aliphatic heterocycles. The van der Waals surface area contributed by atoms with E-state index >= 15 is 0 Å². The Morgan fingerprint density at radius 1 is 1.12 bits per heavy atom. The summed E-state index contributed by atoms with van der Waals surface area (Å²) in [5, 5.41) is 1.09. The smallest absolute Gasteiger partial charge is 0.262 e. The lowest BCUT2D eigenvalue weighted by Crippen LogP contribution is -2.32. The number of amides is 1. The summed E-state index contributed by atoms with van der Waals surface area (Å²) in [5.74, 6) is 4.91. The number of nitrogens with two attached hydrogens (primary N) is 1. The molecule has 0 radical (unpaired) electrons. The van der Waals surface area contributed by atoms with Gasteiger partial charge in [-0.1, -0.05) is 54.2 Å². The highest BCUT2D eigenvalue weighted by molar-refractivity contribution is 7.99. The number of aromatic nitrogens is 2. The van der Waals surface area contributed by atoms with Crippen molar-refractivity contribution >= 4 is 28.6 Å². The zero-order valence-corrected chi connectivity index (χ0v) is 14.3. The molecule has 0 aliphatic carbocycles. The predicted octanol–water partition coefficient (Wildman–Crippen LogP) is 1.72. The first-order chi connectivity index (χ1) is 12.2. The minimum absolute atomic E-state index is 0.0998. The van der Waals surface area contributed by atoms with Crippen LogP contribution in [0.1, 0.15) is 5.56 Å². The van der Waals surface area contributed by atoms with Crippen LogP contribution in [0, 0.1) is 0 Å². The predicted molar refractivity (Wildman–Crippen MR) is 99.2 cm³/mol. The van der Waals surface area contributed by atoms with Crippen molar-refractivity contribution in [1.82, 2.24) is 15.0 Å². The summed E-state index contributed by atoms with van der Waals surface area (Å²) in [6.45, 7) is 0.493. The quantitative estimate of drug-likeness (QED) is 0.231. The van der Waals surface area contributed by atoms with E-state index in [9.17, 15) is 9.59 Å². The van der Waals surface area contributed by atoms with Gasteiger partial charge < -0.3 is 0 Å². The number of rotatable bonds is 6. The highest BCUT2D eigenvalue weighted by Crippen LogP contribution is 2.18. The van der Waals surface area contributed by atoms with Crippen LogP contribution in [0.25, 0.3) is 10.9 Å². The standard InChI is InChI=1S/C18H18N4O2S/c19-21-16(23)12-25-18-20-15-9-5-4-8-14(15)17(24)22(18)11-10-13-6-2-1-3-7-13/h1-9H,10-12,19H2,(H,21,23). The first-order valence-electron chi connectivity index (χ1n) is 7.85. The van der Waals surface area contributed by atoms with E-state index in [-0.39, 0.29) is 17.2 Å². The molecule has 3 aromatic rings. The van der Waals surface area contributed by atoms with E-state index < -0.39 is 0 Å². The maximum Gasteiger partial charge on any atom is 0.262 e. The van der Waals surface area contributed by atoms with Gasteiger partial charge in [-0.3, -0.25) is 19.6 Å². The lowest BCUT2D eigenvalue weighted by Gasteiger charge is -2.13. The molecule has 0 atom stereocenters. The monoisotopic (exact) mass is 354 g/mol. The molecule has 0 saturated carbocycles. The van der Waals surface area contributed by atoms with Gasteiger partial charge in [0.25, 0.3) is 5.56 Å². The Morgan fingerprint density at radius 3 is 2.60 bits per heavy atom. The third kappa shape index (κ3) is 4.07. The molecule has 0 saturated heterocycles. The molecule has 2 aromatic carbocycles. The normalized spacial score (nSPS) is 10.8. The molecular weight excluding hydrogens is 336 g/mol. The SMILES string of the molecule is NNC(=O)CSc1nc2ccccc2c(=O)n1CCc1ccccc1. The maximum atomic E-state index is 12.9. The zero-order valence-electron chi connectivity index (χ0n) is 13.5. The van der Waals surface area contributed by atoms with E-state index in [0.29, 0.717) is 29.0 Å². The van der Waals surface area contributed by atoms with Crippen LogP contribution >= 0.6 is 11.8 Å². The van der Waals surface area contributed by atoms with E-state index in [1.54, 1.807) is 16.7 Å². The number of benzene rings is 2. The summed E-state index contributed by atoms with van der Waals surface area (Å²) in [5.41, 5.74) is 3.75. The molecule has 128 valence electrons. The van der Waals surface area contributed by atoms with Crippen LogP contribution in [0.4, 0.5) is 0 Å². The molecule has 0 fully saturated rings. The van der Waals surface area contributed by atoms with Gasteiger partial charge in [0, 0.05) is 6.54 Å². The number of hydrogen-bond donors (Lipinski definition) is 2. The number of carbonyl (C=O) groups is 1. The van der Waals surface area contributed by atoms with E-state index in [1.165, 1.54) is 11.8 Å². The fraction of sp³-hybridized carbons (Fsp3) is 0.167. The van der Waals surface area contributed by atoms with Crippen molar-refractivity contribution in [2.45, 2.75) is 18.1 Å². The van der Waals surface area contributed by atoms with Crippen LogP contribution in [0.2, 0.25) is 0 Å². The number of carbonyl (C=O) groups excluding carboxylic acids is 1. The van der Waals surface area contributed by atoms with Gasteiger partial charge in [0.2, 0.25) is 5.91 Å². The van der Waals surface area contributed by atoms with E-state index in [0.717, 1.165) is 5.56 Å². The van der Waals surface area contributed by atoms with Crippen molar-refractivity contribution in [3.8, 4) is 0 Å². The van der Waals surface area contributed by atoms with Gasteiger partial charge in [-0.2, -0.15) is 0 Å². The number of aryl methyl sites for hydroxylation is 1. The second-order valence-electron chi connectivity index (χ2n) is 5.46. The van der Waals surface area contributed by atoms with Gasteiger partial charge in [-0.05, 0) is 24.1 Å². The highest BCUT2D eigenvalue weighted by Gasteiger charge is 2.13. The van der Waals surface area contributed by atoms with Crippen molar-refractivity contribution in [2.75, 3.05) is 5.75 Å². The highest BCUT2D eigenvalue weighted by atomic mass is 32.2. The summed E-state index contributed by atoms with van der Waals surface area (Å²) in [6, 6.07) is 17.2. The molecule has 0 spiro atoms. The van der Waals surface area contributed by atoms with Gasteiger partial charge >= 0.3 is 0 Å². The molecule has 0 aliphatic rings. The Bertz CT molecular complexity index is 941. The number of hydrogen-bond acceptors (Lipinski definition) is 5. The van der Waals surface area contributed by atoms with Crippen molar-refractivity contribution in [1.29, 1.82) is 0 Å². The van der Waals surface area contributed by atoms with Crippen molar-refractivity contribution in [2.24, 2.45) is 5.84 Å². The Balaban J connectivity index is 1.96. The van der Waals surface area contributed by atoms with Crippen LogP contribution in [-0.4, -0.2) is 21.2 Å². The minimum atomic E-state index is -0.318. The topological polar surface area (TPSA) is 90.0 Å². The number of hydrazine groups is 1. The fourth-order valence-corrected chi connectivity index (χ4v) is 3.35. The zero-order chi connectivity index (χ0) is 17.6. The first kappa shape index (κ1) is 17.2. The van der Waals surface area contributed by atoms with Crippen LogP contribution in [0.5, 0.6) is 0 Å². The lowest BCUT2D eigenvalue weighted by molar-refractivity contribution is -0.118. The number of thioether (sulfide) groups is 1. The Morgan fingerprint density at radius 2 is 1.84 bits per heavy atom. The van der Waals surface area contributed by atoms with E-state index in [4.69, 9.17) is 5.84 Å². The molecule has 25 heavy (non-hydrogen) atoms. The van der Waals surface area contributed by atoms with Gasteiger partial charge in [0.05, 0.1) is 16.7 Å². The van der Waals surface area contributed by atoms with Crippen LogP contribution in [0.3, 0.4) is 0 Å². The molecule has 3 N–H and O–H groups in total. The molecule has 7 heteroatoms. The molecule has 6 nitrogen and oxygen atoms in total. The largest absolute Gasteiger partial charge is 0.294 e. The molecule has 1 aromatic heterocycles. The number of para-hydroxylation sites is 1. The summed E-state index contributed by atoms with van der Waals surface area (Å²) in [7, 11) is 0. The Hall–Kier alpha value is -2.64. The van der Waals surface area contributed by atoms with Gasteiger partial charge in [0.15, 0.2) is 5.16 Å². The Labute approximate surface area is 149 Å². The van der Waals surface area contributed by atoms with Crippen LogP contribution in [-0.2, 0) is 17.8 Å². The average Bonchev–Trinajstić information content (AvgIpc) is 2.66. The molecule has 0 unspecified atom stereocenters. The molecule has 3 rings (SSSR count). The maximum absolute atomic E-state index is 12.9. The third-order valence-electron chi connectivity index (χ3n) is 3.79. The summed E-state index contributed by atoms with van der Waals surface area (Å²) < 4.78 is 1.63. The second-order valence-corrected chi connectivity index (χ2v) is 6.40. The van der Waals surface area contributed by atoms with E-state index in [1.807, 2.05) is 42.5 Å². The molecule has 1 amide bonds. The first-order valence-corrected chi connectivity index (χ1v) is 8.83. The summed E-state index contributed by atoms with van der Waals surface area (Å²) >= 11 is 1.20. The van der Waals surface area contributed by atoms with Crippen LogP contribution in [0.15, 0.2) is 64.5 Å². The van der Waals surface area contributed by atoms with Gasteiger partial charge in [-0.15, -0.1) is 0 Å². The third-order valence-corrected chi connectivity index (χ3v) is 4.76. The fourth-order valence-electron chi connectivity index (χ4n) is 2.51. The average molecular weight is 354 g/mol. The Kier molecular flexibility index (Phi) is 5.47. The van der Waals surface area contributed by atoms with Crippen molar-refractivity contribution < 1.29 is 4.79 Å². The molecular formula is C18H18N4O2S. The molecule has 0 bridgehead atoms. The number of nitrogens with zero attached hydrogens (tertiary/aromatic N) is 2. The van der Waals surface area contributed by atoms with Gasteiger partial charge in [-0.25, -0.2) is 10.8 Å². The van der Waals surface area contributed by atoms with E-state index in [2.05, 4.69) is 10.4 Å². The minimum Gasteiger partial charge on any atom is -0.294 e. The summed E-state index contributed by atoms with van der Waals surface area (Å²) in [6.07, 6.45) is 0.706. The second kappa shape index (κ2) is 7.96.